The average Bonchev–Trinajstić information content (AvgIpc) is 3.68. The predicted molar refractivity (Wildman–Crippen MR) is 133 cm³/mol. The van der Waals surface area contributed by atoms with E-state index in [0.717, 1.165) is 99.4 Å². The van der Waals surface area contributed by atoms with Gasteiger partial charge in [-0.2, -0.15) is 0 Å². The van der Waals surface area contributed by atoms with Gasteiger partial charge >= 0.3 is 0 Å². The summed E-state index contributed by atoms with van der Waals surface area (Å²) in [7, 11) is 1.68. The molecule has 4 heterocycles. The predicted octanol–water partition coefficient (Wildman–Crippen LogP) is 4.97. The molecule has 6 rings (SSSR count). The number of hydrogen-bond donors (Lipinski definition) is 0. The molecule has 0 bridgehead atoms. The van der Waals surface area contributed by atoms with Crippen LogP contribution in [0.4, 0.5) is 0 Å². The zero-order valence-electron chi connectivity index (χ0n) is 20.5. The number of ether oxygens (including phenoxy) is 2. The Kier molecular flexibility index (Phi) is 5.96. The van der Waals surface area contributed by atoms with E-state index in [0.29, 0.717) is 5.91 Å². The number of likely N-dealkylation sites (tertiary alicyclic amines) is 1. The van der Waals surface area contributed by atoms with E-state index in [1.807, 2.05) is 30.5 Å². The van der Waals surface area contributed by atoms with Crippen LogP contribution in [0.1, 0.15) is 74.9 Å². The summed E-state index contributed by atoms with van der Waals surface area (Å²) in [6.45, 7) is 2.32. The number of aromatic nitrogens is 3. The normalized spacial score (nSPS) is 22.7. The molecule has 7 heteroatoms. The van der Waals surface area contributed by atoms with Gasteiger partial charge in [-0.3, -0.25) is 4.79 Å². The van der Waals surface area contributed by atoms with E-state index in [1.165, 1.54) is 0 Å². The first kappa shape index (κ1) is 22.5. The van der Waals surface area contributed by atoms with Crippen LogP contribution in [-0.2, 0) is 14.9 Å². The number of hydrogen-bond acceptors (Lipinski definition) is 5. The van der Waals surface area contributed by atoms with Crippen LogP contribution in [0.5, 0.6) is 5.75 Å². The molecule has 1 amide bonds. The molecular weight excluding hydrogens is 440 g/mol. The van der Waals surface area contributed by atoms with E-state index >= 15 is 0 Å². The minimum absolute atomic E-state index is 0.0423. The van der Waals surface area contributed by atoms with Crippen molar-refractivity contribution in [3.63, 3.8) is 0 Å². The number of piperidine rings is 1. The molecule has 0 spiro atoms. The van der Waals surface area contributed by atoms with E-state index in [-0.39, 0.29) is 12.1 Å². The Morgan fingerprint density at radius 3 is 2.51 bits per heavy atom. The first-order chi connectivity index (χ1) is 17.2. The van der Waals surface area contributed by atoms with Gasteiger partial charge in [0.2, 0.25) is 5.91 Å². The second-order valence-corrected chi connectivity index (χ2v) is 10.2. The number of rotatable bonds is 5. The summed E-state index contributed by atoms with van der Waals surface area (Å²) in [5.74, 6) is 2.14. The SMILES string of the molecule is COc1ccc(C2(C(=O)N3CCC(n4c([C@@H]5CCCO5)nc5cccnc54)CC3)CCCC2)cc1. The van der Waals surface area contributed by atoms with Crippen LogP contribution >= 0.6 is 0 Å². The van der Waals surface area contributed by atoms with Gasteiger partial charge in [0.05, 0.1) is 12.5 Å². The fourth-order valence-corrected chi connectivity index (χ4v) is 6.46. The lowest BCUT2D eigenvalue weighted by Crippen LogP contribution is -2.48. The molecule has 0 radical (unpaired) electrons. The molecular formula is C28H34N4O3. The van der Waals surface area contributed by atoms with Gasteiger partial charge in [-0.05, 0) is 68.4 Å². The third-order valence-electron chi connectivity index (χ3n) is 8.32. The summed E-state index contributed by atoms with van der Waals surface area (Å²) in [4.78, 5) is 25.7. The molecule has 35 heavy (non-hydrogen) atoms. The lowest BCUT2D eigenvalue weighted by atomic mass is 9.77. The zero-order valence-corrected chi connectivity index (χ0v) is 20.5. The Morgan fingerprint density at radius 1 is 1.06 bits per heavy atom. The highest BCUT2D eigenvalue weighted by atomic mass is 16.5. The van der Waals surface area contributed by atoms with Crippen LogP contribution in [0.2, 0.25) is 0 Å². The van der Waals surface area contributed by atoms with Crippen LogP contribution < -0.4 is 4.74 Å². The van der Waals surface area contributed by atoms with Gasteiger partial charge in [-0.1, -0.05) is 25.0 Å². The van der Waals surface area contributed by atoms with Crippen LogP contribution in [0.3, 0.4) is 0 Å². The average molecular weight is 475 g/mol. The Bertz CT molecular complexity index is 1180. The molecule has 2 aromatic heterocycles. The van der Waals surface area contributed by atoms with Crippen molar-refractivity contribution in [2.75, 3.05) is 26.8 Å². The van der Waals surface area contributed by atoms with Gasteiger partial charge in [0.25, 0.3) is 0 Å². The molecule has 1 atom stereocenters. The minimum atomic E-state index is -0.398. The lowest BCUT2D eigenvalue weighted by Gasteiger charge is -2.39. The fraction of sp³-hybridized carbons (Fsp3) is 0.536. The maximum atomic E-state index is 14.0. The number of carbonyl (C=O) groups excluding carboxylic acids is 1. The van der Waals surface area contributed by atoms with Crippen LogP contribution in [0.15, 0.2) is 42.6 Å². The van der Waals surface area contributed by atoms with Gasteiger partial charge < -0.3 is 18.9 Å². The largest absolute Gasteiger partial charge is 0.497 e. The summed E-state index contributed by atoms with van der Waals surface area (Å²) in [5.41, 5.74) is 2.60. The Hall–Kier alpha value is -2.93. The van der Waals surface area contributed by atoms with E-state index < -0.39 is 5.41 Å². The van der Waals surface area contributed by atoms with Crippen molar-refractivity contribution in [1.29, 1.82) is 0 Å². The quantitative estimate of drug-likeness (QED) is 0.522. The van der Waals surface area contributed by atoms with Crippen LogP contribution in [-0.4, -0.2) is 52.1 Å². The third-order valence-corrected chi connectivity index (χ3v) is 8.32. The van der Waals surface area contributed by atoms with Crippen molar-refractivity contribution in [2.24, 2.45) is 0 Å². The summed E-state index contributed by atoms with van der Waals surface area (Å²) in [6, 6.07) is 12.4. The molecule has 7 nitrogen and oxygen atoms in total. The summed E-state index contributed by atoms with van der Waals surface area (Å²) in [6.07, 6.45) is 9.84. The smallest absolute Gasteiger partial charge is 0.233 e. The monoisotopic (exact) mass is 474 g/mol. The van der Waals surface area contributed by atoms with Gasteiger partial charge in [-0.15, -0.1) is 0 Å². The topological polar surface area (TPSA) is 69.5 Å². The first-order valence-corrected chi connectivity index (χ1v) is 13.1. The van der Waals surface area contributed by atoms with Crippen molar-refractivity contribution in [3.05, 3.63) is 54.0 Å². The summed E-state index contributed by atoms with van der Waals surface area (Å²) in [5, 5.41) is 0. The van der Waals surface area contributed by atoms with E-state index in [2.05, 4.69) is 26.6 Å². The molecule has 3 aromatic rings. The van der Waals surface area contributed by atoms with E-state index in [1.54, 1.807) is 7.11 Å². The maximum absolute atomic E-state index is 14.0. The number of methoxy groups -OCH3 is 1. The number of amides is 1. The molecule has 0 unspecified atom stereocenters. The van der Waals surface area contributed by atoms with E-state index in [9.17, 15) is 4.79 Å². The number of pyridine rings is 1. The van der Waals surface area contributed by atoms with Crippen molar-refractivity contribution in [1.82, 2.24) is 19.4 Å². The summed E-state index contributed by atoms with van der Waals surface area (Å²) >= 11 is 0. The highest BCUT2D eigenvalue weighted by Crippen LogP contribution is 2.44. The summed E-state index contributed by atoms with van der Waals surface area (Å²) < 4.78 is 13.7. The van der Waals surface area contributed by atoms with Crippen LogP contribution in [0, 0.1) is 0 Å². The second kappa shape index (κ2) is 9.26. The van der Waals surface area contributed by atoms with Crippen molar-refractivity contribution in [3.8, 4) is 5.75 Å². The maximum Gasteiger partial charge on any atom is 0.233 e. The number of imidazole rings is 1. The van der Waals surface area contributed by atoms with Gasteiger partial charge in [0.1, 0.15) is 23.2 Å². The van der Waals surface area contributed by atoms with E-state index in [4.69, 9.17) is 14.5 Å². The van der Waals surface area contributed by atoms with Gasteiger partial charge in [0.15, 0.2) is 5.65 Å². The molecule has 184 valence electrons. The lowest BCUT2D eigenvalue weighted by molar-refractivity contribution is -0.138. The van der Waals surface area contributed by atoms with Crippen molar-refractivity contribution >= 4 is 17.1 Å². The second-order valence-electron chi connectivity index (χ2n) is 10.2. The highest BCUT2D eigenvalue weighted by Gasteiger charge is 2.45. The van der Waals surface area contributed by atoms with Gasteiger partial charge in [-0.25, -0.2) is 9.97 Å². The van der Waals surface area contributed by atoms with Crippen molar-refractivity contribution < 1.29 is 14.3 Å². The number of fused-ring (bicyclic) bond motifs is 1. The first-order valence-electron chi connectivity index (χ1n) is 13.1. The molecule has 0 N–H and O–H groups in total. The molecule has 1 aliphatic carbocycles. The molecule has 2 saturated heterocycles. The molecule has 3 fully saturated rings. The van der Waals surface area contributed by atoms with Crippen LogP contribution in [0.25, 0.3) is 11.2 Å². The zero-order chi connectivity index (χ0) is 23.8. The number of benzene rings is 1. The van der Waals surface area contributed by atoms with Gasteiger partial charge in [0, 0.05) is 31.9 Å². The Labute approximate surface area is 206 Å². The molecule has 1 aromatic carbocycles. The number of carbonyl (C=O) groups is 1. The standard InChI is InChI=1S/C28H34N4O3/c1-34-22-10-8-20(9-11-22)28(14-2-3-15-28)27(33)31-17-12-21(13-18-31)32-25-23(6-4-16-29-25)30-26(32)24-7-5-19-35-24/h4,6,8-11,16,21,24H,2-3,5,7,12-15,17-19H2,1H3/t24-/m0/s1. The third kappa shape index (κ3) is 3.90. The minimum Gasteiger partial charge on any atom is -0.497 e. The molecule has 1 saturated carbocycles. The highest BCUT2D eigenvalue weighted by molar-refractivity contribution is 5.89. The Balaban J connectivity index is 1.24. The van der Waals surface area contributed by atoms with Crippen molar-refractivity contribution in [2.45, 2.75) is 68.9 Å². The number of nitrogens with zero attached hydrogens (tertiary/aromatic N) is 4. The fourth-order valence-electron chi connectivity index (χ4n) is 6.46. The molecule has 3 aliphatic rings. The molecule has 2 aliphatic heterocycles. The Morgan fingerprint density at radius 2 is 1.83 bits per heavy atom.